The minimum Gasteiger partial charge on any atom is -0.465 e. The molecule has 0 unspecified atom stereocenters. The minimum atomic E-state index is -0.665. The Morgan fingerprint density at radius 3 is 2.69 bits per heavy atom. The highest BCUT2D eigenvalue weighted by Crippen LogP contribution is 2.28. The molecular formula is C10H12ClFN2O2. The topological polar surface area (TPSA) is 41.6 Å². The summed E-state index contributed by atoms with van der Waals surface area (Å²) in [5, 5.41) is 1.45. The third kappa shape index (κ3) is 2.43. The quantitative estimate of drug-likeness (QED) is 0.653. The van der Waals surface area contributed by atoms with Gasteiger partial charge in [0.15, 0.2) is 0 Å². The number of hydrazine groups is 1. The lowest BCUT2D eigenvalue weighted by atomic mass is 10.2. The number of hydrogen-bond acceptors (Lipinski definition) is 4. The summed E-state index contributed by atoms with van der Waals surface area (Å²) >= 11 is 5.78. The summed E-state index contributed by atoms with van der Waals surface area (Å²) in [6.45, 7) is 0. The van der Waals surface area contributed by atoms with Gasteiger partial charge in [-0.05, 0) is 12.1 Å². The molecule has 0 heterocycles. The van der Waals surface area contributed by atoms with Crippen molar-refractivity contribution in [1.29, 1.82) is 0 Å². The maximum Gasteiger partial charge on any atom is 0.338 e. The monoisotopic (exact) mass is 246 g/mol. The molecule has 0 saturated carbocycles. The van der Waals surface area contributed by atoms with Crippen LogP contribution < -0.4 is 10.4 Å². The molecule has 88 valence electrons. The van der Waals surface area contributed by atoms with Gasteiger partial charge in [-0.25, -0.2) is 14.6 Å². The first-order chi connectivity index (χ1) is 7.51. The minimum absolute atomic E-state index is 0.0514. The Bertz CT molecular complexity index is 412. The molecule has 0 amide bonds. The van der Waals surface area contributed by atoms with Gasteiger partial charge in [0.05, 0.1) is 18.4 Å². The zero-order chi connectivity index (χ0) is 12.3. The van der Waals surface area contributed by atoms with Crippen molar-refractivity contribution < 1.29 is 13.9 Å². The summed E-state index contributed by atoms with van der Waals surface area (Å²) in [6.07, 6.45) is 0. The second kappa shape index (κ2) is 5.14. The first-order valence-electron chi connectivity index (χ1n) is 4.49. The van der Waals surface area contributed by atoms with Crippen LogP contribution in [0.15, 0.2) is 12.1 Å². The van der Waals surface area contributed by atoms with Crippen LogP contribution in [-0.4, -0.2) is 27.2 Å². The number of nitrogens with zero attached hydrogens (tertiary/aromatic N) is 1. The Hall–Kier alpha value is -1.33. The van der Waals surface area contributed by atoms with Crippen molar-refractivity contribution in [2.24, 2.45) is 0 Å². The number of hydrogen-bond donors (Lipinski definition) is 1. The Morgan fingerprint density at radius 1 is 1.56 bits per heavy atom. The van der Waals surface area contributed by atoms with E-state index in [2.05, 4.69) is 10.2 Å². The van der Waals surface area contributed by atoms with Gasteiger partial charge in [0.2, 0.25) is 0 Å². The van der Waals surface area contributed by atoms with Crippen molar-refractivity contribution >= 4 is 23.3 Å². The molecular weight excluding hydrogens is 235 g/mol. The molecule has 1 aromatic carbocycles. The van der Waals surface area contributed by atoms with Gasteiger partial charge in [-0.2, -0.15) is 0 Å². The second-order valence-corrected chi connectivity index (χ2v) is 3.44. The molecule has 1 rings (SSSR count). The molecule has 0 aromatic heterocycles. The first kappa shape index (κ1) is 12.7. The van der Waals surface area contributed by atoms with Crippen LogP contribution in [0.5, 0.6) is 0 Å². The summed E-state index contributed by atoms with van der Waals surface area (Å²) in [4.78, 5) is 11.3. The maximum absolute atomic E-state index is 13.4. The van der Waals surface area contributed by atoms with Crippen LogP contribution >= 0.6 is 11.6 Å². The number of carbonyl (C=O) groups is 1. The molecule has 0 aliphatic heterocycles. The van der Waals surface area contributed by atoms with E-state index in [0.717, 1.165) is 6.07 Å². The number of anilines is 1. The number of halogens is 2. The highest BCUT2D eigenvalue weighted by Gasteiger charge is 2.15. The molecule has 0 spiro atoms. The number of esters is 1. The van der Waals surface area contributed by atoms with E-state index in [1.165, 1.54) is 18.2 Å². The fraction of sp³-hybridized carbons (Fsp3) is 0.300. The third-order valence-electron chi connectivity index (χ3n) is 2.13. The maximum atomic E-state index is 13.4. The Morgan fingerprint density at radius 2 is 2.19 bits per heavy atom. The van der Waals surface area contributed by atoms with E-state index in [-0.39, 0.29) is 10.6 Å². The molecule has 1 aromatic rings. The van der Waals surface area contributed by atoms with E-state index >= 15 is 0 Å². The molecule has 6 heteroatoms. The molecule has 4 nitrogen and oxygen atoms in total. The number of ether oxygens (including phenoxy) is 1. The molecule has 0 fully saturated rings. The van der Waals surface area contributed by atoms with Crippen molar-refractivity contribution in [1.82, 2.24) is 5.43 Å². The first-order valence-corrected chi connectivity index (χ1v) is 4.87. The van der Waals surface area contributed by atoms with Gasteiger partial charge in [-0.15, -0.1) is 0 Å². The van der Waals surface area contributed by atoms with Gasteiger partial charge in [0, 0.05) is 14.1 Å². The molecule has 0 aliphatic carbocycles. The summed E-state index contributed by atoms with van der Waals surface area (Å²) in [5.41, 5.74) is 3.24. The number of methoxy groups -OCH3 is 1. The number of carbonyl (C=O) groups excluding carboxylic acids is 1. The normalized spacial score (nSPS) is 10.1. The fourth-order valence-corrected chi connectivity index (χ4v) is 1.41. The van der Waals surface area contributed by atoms with E-state index in [9.17, 15) is 9.18 Å². The fourth-order valence-electron chi connectivity index (χ4n) is 1.17. The summed E-state index contributed by atoms with van der Waals surface area (Å²) in [7, 11) is 4.54. The molecule has 0 radical (unpaired) electrons. The molecule has 0 atom stereocenters. The zero-order valence-corrected chi connectivity index (χ0v) is 9.93. The van der Waals surface area contributed by atoms with Crippen LogP contribution in [0.25, 0.3) is 0 Å². The van der Waals surface area contributed by atoms with Crippen LogP contribution in [0.4, 0.5) is 10.1 Å². The van der Waals surface area contributed by atoms with Gasteiger partial charge in [-0.1, -0.05) is 11.6 Å². The molecule has 0 saturated heterocycles. The highest BCUT2D eigenvalue weighted by atomic mass is 35.5. The lowest BCUT2D eigenvalue weighted by Gasteiger charge is -2.19. The number of nitrogens with one attached hydrogen (secondary N) is 1. The molecule has 0 aliphatic rings. The lowest BCUT2D eigenvalue weighted by molar-refractivity contribution is 0.0600. The Kier molecular flexibility index (Phi) is 4.09. The standard InChI is InChI=1S/C10H12ClFN2O2/c1-13-14(2)8-5-6(10(15)16-3)4-7(12)9(8)11/h4-5,13H,1-3H3. The van der Waals surface area contributed by atoms with E-state index in [1.807, 2.05) is 0 Å². The van der Waals surface area contributed by atoms with Crippen molar-refractivity contribution in [2.45, 2.75) is 0 Å². The Balaban J connectivity index is 3.27. The van der Waals surface area contributed by atoms with Crippen molar-refractivity contribution in [3.63, 3.8) is 0 Å². The SMILES string of the molecule is CNN(C)c1cc(C(=O)OC)cc(F)c1Cl. The molecule has 1 N–H and O–H groups in total. The second-order valence-electron chi connectivity index (χ2n) is 3.07. The van der Waals surface area contributed by atoms with Crippen molar-refractivity contribution in [2.75, 3.05) is 26.2 Å². The van der Waals surface area contributed by atoms with E-state index in [4.69, 9.17) is 11.6 Å². The van der Waals surface area contributed by atoms with Gasteiger partial charge < -0.3 is 9.75 Å². The van der Waals surface area contributed by atoms with Crippen LogP contribution in [0, 0.1) is 5.82 Å². The van der Waals surface area contributed by atoms with Crippen LogP contribution in [0.3, 0.4) is 0 Å². The predicted molar refractivity (Wildman–Crippen MR) is 60.2 cm³/mol. The third-order valence-corrected chi connectivity index (χ3v) is 2.50. The summed E-state index contributed by atoms with van der Waals surface area (Å²) in [6, 6.07) is 2.49. The van der Waals surface area contributed by atoms with E-state index in [1.54, 1.807) is 14.1 Å². The van der Waals surface area contributed by atoms with E-state index in [0.29, 0.717) is 5.69 Å². The van der Waals surface area contributed by atoms with Gasteiger partial charge >= 0.3 is 5.97 Å². The molecule has 0 bridgehead atoms. The zero-order valence-electron chi connectivity index (χ0n) is 9.17. The predicted octanol–water partition coefficient (Wildman–Crippen LogP) is 1.84. The van der Waals surface area contributed by atoms with Crippen molar-refractivity contribution in [3.8, 4) is 0 Å². The van der Waals surface area contributed by atoms with E-state index < -0.39 is 11.8 Å². The highest BCUT2D eigenvalue weighted by molar-refractivity contribution is 6.33. The molecule has 16 heavy (non-hydrogen) atoms. The summed E-state index contributed by atoms with van der Waals surface area (Å²) in [5.74, 6) is -1.28. The smallest absolute Gasteiger partial charge is 0.338 e. The average Bonchev–Trinajstić information content (AvgIpc) is 2.30. The van der Waals surface area contributed by atoms with Crippen LogP contribution in [0.2, 0.25) is 5.02 Å². The van der Waals surface area contributed by atoms with Gasteiger partial charge in [-0.3, -0.25) is 0 Å². The van der Waals surface area contributed by atoms with Crippen LogP contribution in [-0.2, 0) is 4.74 Å². The van der Waals surface area contributed by atoms with Crippen LogP contribution in [0.1, 0.15) is 10.4 Å². The Labute approximate surface area is 97.9 Å². The number of rotatable bonds is 3. The lowest BCUT2D eigenvalue weighted by Crippen LogP contribution is -2.31. The largest absolute Gasteiger partial charge is 0.465 e. The number of benzene rings is 1. The van der Waals surface area contributed by atoms with Gasteiger partial charge in [0.25, 0.3) is 0 Å². The average molecular weight is 247 g/mol. The van der Waals surface area contributed by atoms with Gasteiger partial charge in [0.1, 0.15) is 10.8 Å². The summed E-state index contributed by atoms with van der Waals surface area (Å²) < 4.78 is 18.0. The van der Waals surface area contributed by atoms with Crippen molar-refractivity contribution in [3.05, 3.63) is 28.5 Å².